The van der Waals surface area contributed by atoms with Crippen LogP contribution in [0, 0.1) is 5.41 Å². The zero-order valence-electron chi connectivity index (χ0n) is 10.3. The molecule has 0 aliphatic carbocycles. The molecule has 0 radical (unpaired) electrons. The van der Waals surface area contributed by atoms with Gasteiger partial charge in [0.05, 0.1) is 12.6 Å². The van der Waals surface area contributed by atoms with Crippen LogP contribution in [-0.2, 0) is 6.54 Å². The third-order valence-corrected chi connectivity index (χ3v) is 2.71. The van der Waals surface area contributed by atoms with Gasteiger partial charge in [-0.25, -0.2) is 4.68 Å². The van der Waals surface area contributed by atoms with Crippen LogP contribution in [0.3, 0.4) is 0 Å². The van der Waals surface area contributed by atoms with Crippen LogP contribution in [0.2, 0.25) is 0 Å². The number of nitrogens with zero attached hydrogens (tertiary/aromatic N) is 4. The van der Waals surface area contributed by atoms with Gasteiger partial charge in [-0.2, -0.15) is 0 Å². The first-order chi connectivity index (χ1) is 6.96. The first-order valence-corrected chi connectivity index (χ1v) is 5.44. The molecule has 1 rings (SSSR count). The normalized spacial score (nSPS) is 14.2. The van der Waals surface area contributed by atoms with Crippen molar-refractivity contribution in [3.05, 3.63) is 5.82 Å². The summed E-state index contributed by atoms with van der Waals surface area (Å²) in [6.45, 7) is 12.4. The van der Waals surface area contributed by atoms with Gasteiger partial charge >= 0.3 is 0 Å². The van der Waals surface area contributed by atoms with Crippen molar-refractivity contribution in [2.45, 2.75) is 47.2 Å². The molecule has 0 fully saturated rings. The predicted molar refractivity (Wildman–Crippen MR) is 59.4 cm³/mol. The summed E-state index contributed by atoms with van der Waals surface area (Å²) in [6.07, 6.45) is 0. The highest BCUT2D eigenvalue weighted by atomic mass is 15.6. The molecule has 5 heteroatoms. The Bertz CT molecular complexity index is 299. The van der Waals surface area contributed by atoms with E-state index in [2.05, 4.69) is 55.5 Å². The van der Waals surface area contributed by atoms with Crippen molar-refractivity contribution in [2.24, 2.45) is 5.41 Å². The summed E-state index contributed by atoms with van der Waals surface area (Å²) in [5.41, 5.74) is 0.163. The van der Waals surface area contributed by atoms with Crippen molar-refractivity contribution in [1.82, 2.24) is 25.5 Å². The highest BCUT2D eigenvalue weighted by molar-refractivity contribution is 4.86. The van der Waals surface area contributed by atoms with Crippen LogP contribution in [0.25, 0.3) is 0 Å². The molecule has 0 aliphatic heterocycles. The van der Waals surface area contributed by atoms with Crippen LogP contribution in [0.4, 0.5) is 0 Å². The smallest absolute Gasteiger partial charge is 0.165 e. The standard InChI is InChI=1S/C10H21N5/c1-6-11-7-9-12-13-14-15(9)8(2)10(3,4)5/h8,11H,6-7H2,1-5H3. The number of rotatable bonds is 4. The maximum absolute atomic E-state index is 4.05. The van der Waals surface area contributed by atoms with E-state index in [9.17, 15) is 0 Å². The van der Waals surface area contributed by atoms with Gasteiger partial charge in [0.15, 0.2) is 5.82 Å². The molecule has 0 bridgehead atoms. The van der Waals surface area contributed by atoms with Crippen molar-refractivity contribution in [3.8, 4) is 0 Å². The van der Waals surface area contributed by atoms with Gasteiger partial charge in [0.1, 0.15) is 0 Å². The second-order valence-corrected chi connectivity index (χ2v) is 4.86. The summed E-state index contributed by atoms with van der Waals surface area (Å²) in [7, 11) is 0. The topological polar surface area (TPSA) is 55.6 Å². The largest absolute Gasteiger partial charge is 0.310 e. The average molecular weight is 211 g/mol. The highest BCUT2D eigenvalue weighted by Gasteiger charge is 2.24. The van der Waals surface area contributed by atoms with E-state index >= 15 is 0 Å². The van der Waals surface area contributed by atoms with E-state index in [4.69, 9.17) is 0 Å². The first kappa shape index (κ1) is 12.1. The van der Waals surface area contributed by atoms with Crippen LogP contribution in [0.15, 0.2) is 0 Å². The molecule has 0 amide bonds. The predicted octanol–water partition coefficient (Wildman–Crippen LogP) is 1.39. The molecule has 1 aromatic heterocycles. The van der Waals surface area contributed by atoms with Gasteiger partial charge in [-0.1, -0.05) is 27.7 Å². The fourth-order valence-corrected chi connectivity index (χ4v) is 1.23. The number of hydrogen-bond acceptors (Lipinski definition) is 4. The lowest BCUT2D eigenvalue weighted by Crippen LogP contribution is -2.26. The first-order valence-electron chi connectivity index (χ1n) is 5.44. The number of aromatic nitrogens is 4. The summed E-state index contributed by atoms with van der Waals surface area (Å²) in [5.74, 6) is 0.902. The molecule has 0 spiro atoms. The second-order valence-electron chi connectivity index (χ2n) is 4.86. The number of nitrogens with one attached hydrogen (secondary N) is 1. The molecule has 5 nitrogen and oxygen atoms in total. The SMILES string of the molecule is CCNCc1nnnn1C(C)C(C)(C)C. The van der Waals surface area contributed by atoms with Gasteiger partial charge in [0, 0.05) is 0 Å². The summed E-state index contributed by atoms with van der Waals surface area (Å²) in [6, 6.07) is 0.293. The van der Waals surface area contributed by atoms with E-state index in [1.807, 2.05) is 4.68 Å². The van der Waals surface area contributed by atoms with Gasteiger partial charge in [-0.05, 0) is 29.3 Å². The fourth-order valence-electron chi connectivity index (χ4n) is 1.23. The van der Waals surface area contributed by atoms with E-state index in [0.29, 0.717) is 6.04 Å². The van der Waals surface area contributed by atoms with Crippen LogP contribution < -0.4 is 5.32 Å². The lowest BCUT2D eigenvalue weighted by molar-refractivity contribution is 0.235. The zero-order chi connectivity index (χ0) is 11.5. The van der Waals surface area contributed by atoms with Gasteiger partial charge in [-0.3, -0.25) is 0 Å². The Morgan fingerprint density at radius 3 is 2.60 bits per heavy atom. The third-order valence-electron chi connectivity index (χ3n) is 2.71. The van der Waals surface area contributed by atoms with Crippen molar-refractivity contribution in [1.29, 1.82) is 0 Å². The van der Waals surface area contributed by atoms with Crippen LogP contribution in [-0.4, -0.2) is 26.8 Å². The second kappa shape index (κ2) is 4.70. The molecule has 1 atom stereocenters. The molecule has 86 valence electrons. The highest BCUT2D eigenvalue weighted by Crippen LogP contribution is 2.29. The Morgan fingerprint density at radius 2 is 2.07 bits per heavy atom. The molecule has 0 saturated carbocycles. The van der Waals surface area contributed by atoms with Crippen molar-refractivity contribution >= 4 is 0 Å². The summed E-state index contributed by atoms with van der Waals surface area (Å²) < 4.78 is 1.91. The third kappa shape index (κ3) is 2.99. The minimum atomic E-state index is 0.163. The molecule has 0 aromatic carbocycles. The van der Waals surface area contributed by atoms with Crippen molar-refractivity contribution in [2.75, 3.05) is 6.54 Å². The Labute approximate surface area is 91.2 Å². The molecule has 1 aromatic rings. The Morgan fingerprint density at radius 1 is 1.40 bits per heavy atom. The van der Waals surface area contributed by atoms with E-state index in [1.165, 1.54) is 0 Å². The van der Waals surface area contributed by atoms with Crippen molar-refractivity contribution in [3.63, 3.8) is 0 Å². The molecule has 1 heterocycles. The Balaban J connectivity index is 2.80. The number of tetrazole rings is 1. The van der Waals surface area contributed by atoms with Gasteiger partial charge in [0.25, 0.3) is 0 Å². The van der Waals surface area contributed by atoms with E-state index < -0.39 is 0 Å². The maximum atomic E-state index is 4.05. The van der Waals surface area contributed by atoms with Crippen LogP contribution in [0.5, 0.6) is 0 Å². The van der Waals surface area contributed by atoms with Gasteiger partial charge < -0.3 is 5.32 Å². The molecule has 0 saturated heterocycles. The maximum Gasteiger partial charge on any atom is 0.165 e. The molecule has 1 N–H and O–H groups in total. The molecule has 1 unspecified atom stereocenters. The van der Waals surface area contributed by atoms with Crippen LogP contribution >= 0.6 is 0 Å². The van der Waals surface area contributed by atoms with Crippen LogP contribution in [0.1, 0.15) is 46.5 Å². The lowest BCUT2D eigenvalue weighted by atomic mass is 9.88. The number of hydrogen-bond donors (Lipinski definition) is 1. The molecule has 0 aliphatic rings. The van der Waals surface area contributed by atoms with Crippen molar-refractivity contribution < 1.29 is 0 Å². The summed E-state index contributed by atoms with van der Waals surface area (Å²) in [5, 5.41) is 15.0. The average Bonchev–Trinajstić information content (AvgIpc) is 2.59. The zero-order valence-corrected chi connectivity index (χ0v) is 10.3. The summed E-state index contributed by atoms with van der Waals surface area (Å²) >= 11 is 0. The molecular formula is C10H21N5. The Kier molecular flexibility index (Phi) is 3.79. The Hall–Kier alpha value is -0.970. The van der Waals surface area contributed by atoms with Gasteiger partial charge in [-0.15, -0.1) is 5.10 Å². The monoisotopic (exact) mass is 211 g/mol. The minimum Gasteiger partial charge on any atom is -0.310 e. The molecular weight excluding hydrogens is 190 g/mol. The van der Waals surface area contributed by atoms with E-state index in [0.717, 1.165) is 18.9 Å². The lowest BCUT2D eigenvalue weighted by Gasteiger charge is -2.27. The fraction of sp³-hybridized carbons (Fsp3) is 0.900. The minimum absolute atomic E-state index is 0.163. The van der Waals surface area contributed by atoms with E-state index in [-0.39, 0.29) is 5.41 Å². The van der Waals surface area contributed by atoms with E-state index in [1.54, 1.807) is 0 Å². The molecule has 15 heavy (non-hydrogen) atoms. The quantitative estimate of drug-likeness (QED) is 0.817. The van der Waals surface area contributed by atoms with Gasteiger partial charge in [0.2, 0.25) is 0 Å². The summed E-state index contributed by atoms with van der Waals surface area (Å²) in [4.78, 5) is 0.